The van der Waals surface area contributed by atoms with Crippen molar-refractivity contribution in [3.05, 3.63) is 45.9 Å². The Labute approximate surface area is 157 Å². The molecule has 9 nitrogen and oxygen atoms in total. The smallest absolute Gasteiger partial charge is 0.300 e. The molecule has 0 amide bonds. The lowest BCUT2D eigenvalue weighted by Gasteiger charge is -2.12. The van der Waals surface area contributed by atoms with Gasteiger partial charge >= 0.3 is 10.2 Å². The molecule has 10 heteroatoms. The molecule has 0 saturated heterocycles. The number of aromatic nitrogens is 5. The number of ketones is 1. The lowest BCUT2D eigenvalue weighted by atomic mass is 10.0. The van der Waals surface area contributed by atoms with Gasteiger partial charge in [0, 0.05) is 19.8 Å². The van der Waals surface area contributed by atoms with Crippen molar-refractivity contribution in [1.29, 1.82) is 0 Å². The summed E-state index contributed by atoms with van der Waals surface area (Å²) >= 11 is 0. The van der Waals surface area contributed by atoms with Crippen LogP contribution in [0.3, 0.4) is 0 Å². The molecular weight excluding hydrogens is 368 g/mol. The first-order valence-corrected chi connectivity index (χ1v) is 9.73. The minimum absolute atomic E-state index is 0.212. The summed E-state index contributed by atoms with van der Waals surface area (Å²) in [5, 5.41) is 3.85. The van der Waals surface area contributed by atoms with Gasteiger partial charge in [-0.1, -0.05) is 0 Å². The Morgan fingerprint density at radius 1 is 1.00 bits per heavy atom. The van der Waals surface area contributed by atoms with E-state index in [0.717, 1.165) is 33.0 Å². The van der Waals surface area contributed by atoms with E-state index in [1.54, 1.807) is 0 Å². The summed E-state index contributed by atoms with van der Waals surface area (Å²) in [4.78, 5) is 21.3. The molecule has 0 atom stereocenters. The van der Waals surface area contributed by atoms with E-state index in [-0.39, 0.29) is 11.5 Å². The van der Waals surface area contributed by atoms with Crippen LogP contribution in [0.5, 0.6) is 0 Å². The van der Waals surface area contributed by atoms with E-state index >= 15 is 0 Å². The Hall–Kier alpha value is -2.59. The van der Waals surface area contributed by atoms with Crippen LogP contribution in [0.25, 0.3) is 5.65 Å². The van der Waals surface area contributed by atoms with Crippen molar-refractivity contribution in [2.24, 2.45) is 0 Å². The standard InChI is InChI=1S/C17H22N6O3S/c1-9-10(2)12(4)23-13(5)14(19-17(23)11(9)3)15(24)16-18-8-22(20-16)27(25,26)21(6)7/h8H,1-7H3. The van der Waals surface area contributed by atoms with Crippen molar-refractivity contribution in [1.82, 2.24) is 27.9 Å². The highest BCUT2D eigenvalue weighted by molar-refractivity contribution is 7.87. The maximum absolute atomic E-state index is 12.9. The van der Waals surface area contributed by atoms with Crippen molar-refractivity contribution in [2.75, 3.05) is 14.1 Å². The maximum atomic E-state index is 12.9. The van der Waals surface area contributed by atoms with E-state index in [2.05, 4.69) is 15.1 Å². The number of aryl methyl sites for hydroxylation is 3. The molecule has 0 aliphatic rings. The summed E-state index contributed by atoms with van der Waals surface area (Å²) in [6, 6.07) is 0. The Morgan fingerprint density at radius 2 is 1.63 bits per heavy atom. The third kappa shape index (κ3) is 2.76. The number of nitrogens with zero attached hydrogens (tertiary/aromatic N) is 6. The zero-order valence-electron chi connectivity index (χ0n) is 16.4. The molecule has 0 aromatic carbocycles. The Morgan fingerprint density at radius 3 is 2.22 bits per heavy atom. The van der Waals surface area contributed by atoms with Gasteiger partial charge in [-0.15, -0.1) is 9.19 Å². The number of hydrogen-bond acceptors (Lipinski definition) is 6. The molecule has 0 fully saturated rings. The predicted molar refractivity (Wildman–Crippen MR) is 100 cm³/mol. The van der Waals surface area contributed by atoms with Gasteiger partial charge in [0.05, 0.1) is 5.69 Å². The van der Waals surface area contributed by atoms with Crippen LogP contribution in [0.2, 0.25) is 0 Å². The number of rotatable bonds is 4. The van der Waals surface area contributed by atoms with Crippen molar-refractivity contribution in [3.63, 3.8) is 0 Å². The summed E-state index contributed by atoms with van der Waals surface area (Å²) in [6.45, 7) is 9.82. The minimum Gasteiger partial charge on any atom is -0.300 e. The van der Waals surface area contributed by atoms with Crippen molar-refractivity contribution in [2.45, 2.75) is 34.6 Å². The molecule has 0 aliphatic heterocycles. The van der Waals surface area contributed by atoms with Crippen LogP contribution in [0.4, 0.5) is 0 Å². The molecule has 0 bridgehead atoms. The van der Waals surface area contributed by atoms with Crippen molar-refractivity contribution in [3.8, 4) is 0 Å². The van der Waals surface area contributed by atoms with Gasteiger partial charge in [0.15, 0.2) is 0 Å². The predicted octanol–water partition coefficient (Wildman–Crippen LogP) is 1.35. The second kappa shape index (κ2) is 6.24. The molecule has 3 aromatic heterocycles. The SMILES string of the molecule is Cc1c(C)c(C)n2c(C)c(C(=O)c3ncn(S(=O)(=O)N(C)C)n3)nc2c1C. The molecule has 0 saturated carbocycles. The first kappa shape index (κ1) is 19.2. The Balaban J connectivity index is 2.16. The van der Waals surface area contributed by atoms with E-state index in [4.69, 9.17) is 0 Å². The molecule has 3 heterocycles. The molecule has 0 radical (unpaired) electrons. The van der Waals surface area contributed by atoms with Gasteiger partial charge in [0.1, 0.15) is 17.7 Å². The van der Waals surface area contributed by atoms with Gasteiger partial charge < -0.3 is 4.40 Å². The van der Waals surface area contributed by atoms with Gasteiger partial charge in [0.25, 0.3) is 5.78 Å². The number of carbonyl (C=O) groups excluding carboxylic acids is 1. The average Bonchev–Trinajstić information content (AvgIpc) is 3.23. The van der Waals surface area contributed by atoms with Crippen LogP contribution in [0, 0.1) is 34.6 Å². The number of imidazole rings is 1. The molecule has 3 rings (SSSR count). The van der Waals surface area contributed by atoms with Crippen LogP contribution in [0.15, 0.2) is 6.33 Å². The van der Waals surface area contributed by atoms with E-state index < -0.39 is 16.0 Å². The van der Waals surface area contributed by atoms with Crippen molar-refractivity contribution < 1.29 is 13.2 Å². The van der Waals surface area contributed by atoms with Crippen LogP contribution < -0.4 is 0 Å². The summed E-state index contributed by atoms with van der Waals surface area (Å²) in [7, 11) is -1.08. The van der Waals surface area contributed by atoms with Crippen LogP contribution >= 0.6 is 0 Å². The van der Waals surface area contributed by atoms with E-state index in [0.29, 0.717) is 15.4 Å². The van der Waals surface area contributed by atoms with E-state index in [1.807, 2.05) is 39.0 Å². The monoisotopic (exact) mass is 390 g/mol. The highest BCUT2D eigenvalue weighted by atomic mass is 32.2. The van der Waals surface area contributed by atoms with Crippen LogP contribution in [-0.4, -0.2) is 56.2 Å². The van der Waals surface area contributed by atoms with Crippen molar-refractivity contribution >= 4 is 21.6 Å². The van der Waals surface area contributed by atoms with Gasteiger partial charge in [-0.05, 0) is 51.3 Å². The fourth-order valence-electron chi connectivity index (χ4n) is 3.00. The zero-order valence-corrected chi connectivity index (χ0v) is 17.2. The molecule has 0 N–H and O–H groups in total. The van der Waals surface area contributed by atoms with Gasteiger partial charge in [-0.2, -0.15) is 12.7 Å². The van der Waals surface area contributed by atoms with E-state index in [9.17, 15) is 13.2 Å². The molecule has 144 valence electrons. The summed E-state index contributed by atoms with van der Waals surface area (Å²) in [6.07, 6.45) is 1.01. The lowest BCUT2D eigenvalue weighted by Crippen LogP contribution is -2.29. The molecule has 0 spiro atoms. The topological polar surface area (TPSA) is 102 Å². The molecule has 27 heavy (non-hydrogen) atoms. The second-order valence-electron chi connectivity index (χ2n) is 6.73. The third-order valence-corrected chi connectivity index (χ3v) is 6.61. The highest BCUT2D eigenvalue weighted by Gasteiger charge is 2.26. The average molecular weight is 390 g/mol. The summed E-state index contributed by atoms with van der Waals surface area (Å²) in [5.41, 5.74) is 5.86. The van der Waals surface area contributed by atoms with Gasteiger partial charge in [0.2, 0.25) is 5.82 Å². The molecular formula is C17H22N6O3S. The first-order chi connectivity index (χ1) is 12.5. The number of fused-ring (bicyclic) bond motifs is 1. The lowest BCUT2D eigenvalue weighted by molar-refractivity contribution is 0.102. The third-order valence-electron chi connectivity index (χ3n) is 5.03. The second-order valence-corrected chi connectivity index (χ2v) is 8.73. The zero-order chi connectivity index (χ0) is 20.3. The molecule has 0 aliphatic carbocycles. The largest absolute Gasteiger partial charge is 0.323 e. The van der Waals surface area contributed by atoms with Crippen LogP contribution in [-0.2, 0) is 10.2 Å². The number of pyridine rings is 1. The maximum Gasteiger partial charge on any atom is 0.323 e. The highest BCUT2D eigenvalue weighted by Crippen LogP contribution is 2.25. The quantitative estimate of drug-likeness (QED) is 0.623. The minimum atomic E-state index is -3.83. The number of hydrogen-bond donors (Lipinski definition) is 0. The van der Waals surface area contributed by atoms with E-state index in [1.165, 1.54) is 14.1 Å². The molecule has 0 unspecified atom stereocenters. The van der Waals surface area contributed by atoms with Crippen LogP contribution in [0.1, 0.15) is 44.4 Å². The molecule has 3 aromatic rings. The summed E-state index contributed by atoms with van der Waals surface area (Å²) < 4.78 is 27.9. The summed E-state index contributed by atoms with van der Waals surface area (Å²) in [5.74, 6) is -0.728. The first-order valence-electron chi connectivity index (χ1n) is 8.33. The van der Waals surface area contributed by atoms with Gasteiger partial charge in [-0.25, -0.2) is 9.97 Å². The fraction of sp³-hybridized carbons (Fsp3) is 0.412. The van der Waals surface area contributed by atoms with Gasteiger partial charge in [-0.3, -0.25) is 4.79 Å². The number of carbonyl (C=O) groups is 1. The Kier molecular flexibility index (Phi) is 4.43. The normalized spacial score (nSPS) is 12.3. The fourth-order valence-corrected chi connectivity index (χ4v) is 3.69. The Bertz CT molecular complexity index is 1190.